The second-order valence-corrected chi connectivity index (χ2v) is 7.82. The fourth-order valence-electron chi connectivity index (χ4n) is 4.20. The zero-order valence-electron chi connectivity index (χ0n) is 16.4. The molecule has 1 aromatic rings. The van der Waals surface area contributed by atoms with E-state index in [9.17, 15) is 9.59 Å². The fraction of sp³-hybridized carbons (Fsp3) is 0.619. The second-order valence-electron chi connectivity index (χ2n) is 7.38. The van der Waals surface area contributed by atoms with Crippen molar-refractivity contribution in [3.05, 3.63) is 28.8 Å². The summed E-state index contributed by atoms with van der Waals surface area (Å²) < 4.78 is 16.5. The lowest BCUT2D eigenvalue weighted by Crippen LogP contribution is -2.51. The van der Waals surface area contributed by atoms with Gasteiger partial charge in [-0.05, 0) is 76.1 Å². The van der Waals surface area contributed by atoms with Crippen molar-refractivity contribution in [3.8, 4) is 5.75 Å². The van der Waals surface area contributed by atoms with Crippen LogP contribution in [0.5, 0.6) is 5.75 Å². The predicted octanol–water partition coefficient (Wildman–Crippen LogP) is 3.61. The molecular weight excluding hydrogens is 382 g/mol. The van der Waals surface area contributed by atoms with Gasteiger partial charge in [-0.1, -0.05) is 11.6 Å². The van der Waals surface area contributed by atoms with Crippen LogP contribution >= 0.6 is 11.6 Å². The van der Waals surface area contributed by atoms with Crippen molar-refractivity contribution in [2.75, 3.05) is 19.8 Å². The molecule has 1 saturated heterocycles. The lowest BCUT2D eigenvalue weighted by molar-refractivity contribution is -0.147. The number of fused-ring (bicyclic) bond motifs is 1. The molecule has 1 aliphatic carbocycles. The van der Waals surface area contributed by atoms with Gasteiger partial charge in [-0.15, -0.1) is 0 Å². The quantitative estimate of drug-likeness (QED) is 0.723. The molecule has 0 spiro atoms. The molecule has 7 heteroatoms. The average Bonchev–Trinajstić information content (AvgIpc) is 2.68. The number of ether oxygens (including phenoxy) is 3. The summed E-state index contributed by atoms with van der Waals surface area (Å²) in [6, 6.07) is 4.72. The highest BCUT2D eigenvalue weighted by Gasteiger charge is 2.39. The minimum Gasteiger partial charge on any atom is -0.489 e. The highest BCUT2D eigenvalue weighted by Crippen LogP contribution is 2.38. The van der Waals surface area contributed by atoms with Gasteiger partial charge < -0.3 is 19.5 Å². The lowest BCUT2D eigenvalue weighted by Gasteiger charge is -2.41. The lowest BCUT2D eigenvalue weighted by atomic mass is 9.72. The van der Waals surface area contributed by atoms with Crippen molar-refractivity contribution < 1.29 is 23.8 Å². The van der Waals surface area contributed by atoms with Crippen LogP contribution in [0.3, 0.4) is 0 Å². The van der Waals surface area contributed by atoms with Gasteiger partial charge in [0.25, 0.3) is 0 Å². The first-order valence-electron chi connectivity index (χ1n) is 10.0. The largest absolute Gasteiger partial charge is 0.489 e. The van der Waals surface area contributed by atoms with E-state index in [-0.39, 0.29) is 18.1 Å². The molecule has 1 N–H and O–H groups in total. The highest BCUT2D eigenvalue weighted by atomic mass is 35.5. The van der Waals surface area contributed by atoms with E-state index >= 15 is 0 Å². The number of hydrogen-bond donors (Lipinski definition) is 1. The number of esters is 2. The van der Waals surface area contributed by atoms with E-state index < -0.39 is 5.97 Å². The van der Waals surface area contributed by atoms with E-state index in [2.05, 4.69) is 5.32 Å². The molecule has 1 heterocycles. The van der Waals surface area contributed by atoms with Crippen LogP contribution in [0.1, 0.15) is 49.9 Å². The molecule has 1 aliphatic heterocycles. The maximum Gasteiger partial charge on any atom is 0.341 e. The van der Waals surface area contributed by atoms with Crippen LogP contribution in [-0.2, 0) is 14.3 Å². The fourth-order valence-corrected chi connectivity index (χ4v) is 4.36. The Labute approximate surface area is 170 Å². The summed E-state index contributed by atoms with van der Waals surface area (Å²) in [5.74, 6) is 0.801. The molecule has 154 valence electrons. The normalized spacial score (nSPS) is 26.8. The number of hydrogen-bond acceptors (Lipinski definition) is 6. The Bertz CT molecular complexity index is 710. The van der Waals surface area contributed by atoms with Crippen molar-refractivity contribution in [1.29, 1.82) is 0 Å². The predicted molar refractivity (Wildman–Crippen MR) is 106 cm³/mol. The molecule has 0 unspecified atom stereocenters. The molecule has 1 saturated carbocycles. The molecule has 3 rings (SSSR count). The molecular formula is C21H28ClNO5. The van der Waals surface area contributed by atoms with E-state index in [1.54, 1.807) is 25.1 Å². The topological polar surface area (TPSA) is 73.9 Å². The molecule has 28 heavy (non-hydrogen) atoms. The van der Waals surface area contributed by atoms with Crippen molar-refractivity contribution in [2.24, 2.45) is 11.8 Å². The highest BCUT2D eigenvalue weighted by molar-refractivity contribution is 6.30. The Morgan fingerprint density at radius 1 is 1.11 bits per heavy atom. The summed E-state index contributed by atoms with van der Waals surface area (Å²) in [5.41, 5.74) is 0.392. The van der Waals surface area contributed by atoms with E-state index in [0.717, 1.165) is 32.2 Å². The first-order chi connectivity index (χ1) is 13.5. The molecule has 2 aliphatic rings. The van der Waals surface area contributed by atoms with E-state index in [1.807, 2.05) is 6.92 Å². The minimum absolute atomic E-state index is 0.0196. The molecule has 6 nitrogen and oxygen atoms in total. The molecule has 0 bridgehead atoms. The maximum atomic E-state index is 12.2. The third-order valence-electron chi connectivity index (χ3n) is 5.56. The first-order valence-corrected chi connectivity index (χ1v) is 10.4. The van der Waals surface area contributed by atoms with Crippen LogP contribution < -0.4 is 10.1 Å². The van der Waals surface area contributed by atoms with Gasteiger partial charge >= 0.3 is 11.9 Å². The van der Waals surface area contributed by atoms with Crippen LogP contribution in [0, 0.1) is 11.8 Å². The standard InChI is InChI=1S/C21H28ClNO5/c1-3-26-20(24)17-8-6-15(22)11-19(17)28-16-7-5-13-12-23-18(10-14(13)9-16)21(25)27-4-2/h6,8,11,13-14,16,18,23H,3-5,7,9-10,12H2,1-2H3/t13-,14+,16-,18-/m0/s1. The Balaban J connectivity index is 1.67. The van der Waals surface area contributed by atoms with Gasteiger partial charge in [0, 0.05) is 5.02 Å². The molecule has 0 radical (unpaired) electrons. The van der Waals surface area contributed by atoms with Crippen LogP contribution in [0.4, 0.5) is 0 Å². The van der Waals surface area contributed by atoms with Gasteiger partial charge in [0.05, 0.1) is 19.3 Å². The molecule has 0 aromatic heterocycles. The molecule has 4 atom stereocenters. The van der Waals surface area contributed by atoms with Crippen molar-refractivity contribution in [2.45, 2.75) is 51.7 Å². The molecule has 2 fully saturated rings. The van der Waals surface area contributed by atoms with Gasteiger partial charge in [0.1, 0.15) is 17.4 Å². The summed E-state index contributed by atoms with van der Waals surface area (Å²) in [5, 5.41) is 3.83. The van der Waals surface area contributed by atoms with E-state index in [4.69, 9.17) is 25.8 Å². The Morgan fingerprint density at radius 3 is 2.64 bits per heavy atom. The van der Waals surface area contributed by atoms with Crippen molar-refractivity contribution >= 4 is 23.5 Å². The number of carbonyl (C=O) groups excluding carboxylic acids is 2. The summed E-state index contributed by atoms with van der Waals surface area (Å²) in [4.78, 5) is 24.3. The molecule has 0 amide bonds. The first kappa shape index (κ1) is 20.9. The summed E-state index contributed by atoms with van der Waals surface area (Å²) >= 11 is 6.12. The third-order valence-corrected chi connectivity index (χ3v) is 5.80. The number of carbonyl (C=O) groups is 2. The van der Waals surface area contributed by atoms with Crippen LogP contribution in [0.15, 0.2) is 18.2 Å². The minimum atomic E-state index is -0.410. The molecule has 1 aromatic carbocycles. The summed E-state index contributed by atoms with van der Waals surface area (Å²) in [6.07, 6.45) is 3.50. The van der Waals surface area contributed by atoms with Crippen LogP contribution in [0.2, 0.25) is 5.02 Å². The zero-order valence-corrected chi connectivity index (χ0v) is 17.2. The monoisotopic (exact) mass is 409 g/mol. The number of rotatable bonds is 6. The number of benzene rings is 1. The van der Waals surface area contributed by atoms with Gasteiger partial charge in [0.2, 0.25) is 0 Å². The summed E-state index contributed by atoms with van der Waals surface area (Å²) in [6.45, 7) is 5.11. The SMILES string of the molecule is CCOC(=O)c1ccc(Cl)cc1O[C@H]1CC[C@H]2CN[C@H](C(=O)OCC)C[C@H]2C1. The number of halogens is 1. The van der Waals surface area contributed by atoms with Gasteiger partial charge in [-0.25, -0.2) is 4.79 Å². The second kappa shape index (κ2) is 9.61. The number of nitrogens with one attached hydrogen (secondary N) is 1. The average molecular weight is 410 g/mol. The maximum absolute atomic E-state index is 12.2. The van der Waals surface area contributed by atoms with E-state index in [0.29, 0.717) is 41.4 Å². The van der Waals surface area contributed by atoms with Crippen LogP contribution in [-0.4, -0.2) is 43.8 Å². The van der Waals surface area contributed by atoms with Crippen molar-refractivity contribution in [1.82, 2.24) is 5.32 Å². The smallest absolute Gasteiger partial charge is 0.341 e. The Kier molecular flexibility index (Phi) is 7.18. The van der Waals surface area contributed by atoms with E-state index in [1.165, 1.54) is 0 Å². The zero-order chi connectivity index (χ0) is 20.1. The van der Waals surface area contributed by atoms with Gasteiger partial charge in [-0.3, -0.25) is 4.79 Å². The van der Waals surface area contributed by atoms with Gasteiger partial charge in [0.15, 0.2) is 0 Å². The third kappa shape index (κ3) is 4.97. The van der Waals surface area contributed by atoms with Crippen molar-refractivity contribution in [3.63, 3.8) is 0 Å². The Morgan fingerprint density at radius 2 is 1.89 bits per heavy atom. The Hall–Kier alpha value is -1.79. The van der Waals surface area contributed by atoms with Gasteiger partial charge in [-0.2, -0.15) is 0 Å². The summed E-state index contributed by atoms with van der Waals surface area (Å²) in [7, 11) is 0. The van der Waals surface area contributed by atoms with Crippen LogP contribution in [0.25, 0.3) is 0 Å². The number of piperidine rings is 1.